The molecule has 0 saturated heterocycles. The normalized spacial score (nSPS) is 11.9. The number of hydrogen-bond acceptors (Lipinski definition) is 2. The third-order valence-corrected chi connectivity index (χ3v) is 11.7. The van der Waals surface area contributed by atoms with E-state index < -0.39 is 0 Å². The van der Waals surface area contributed by atoms with E-state index in [1.807, 2.05) is 24.3 Å². The van der Waals surface area contributed by atoms with Crippen LogP contribution in [0, 0.1) is 0 Å². The maximum Gasteiger partial charge on any atom is 0.136 e. The molecule has 12 aromatic rings. The standard InChI is InChI=1S/C54H32O2/c1-2-11-34(12-3-1)39-19-10-13-35-23-26-37(31-46(35)39)33-21-24-36(25-22-33)51-40-14-4-6-16-42(40)52(43-17-7-5-15-41(43)51)38-27-28-45-50(32-38)56-49-30-29-48-53(54(45)49)44-18-8-9-20-47(44)55-48/h1-32H. The summed E-state index contributed by atoms with van der Waals surface area (Å²) in [4.78, 5) is 0. The van der Waals surface area contributed by atoms with E-state index in [4.69, 9.17) is 8.83 Å². The van der Waals surface area contributed by atoms with Crippen LogP contribution < -0.4 is 0 Å². The van der Waals surface area contributed by atoms with Gasteiger partial charge in [0.25, 0.3) is 0 Å². The summed E-state index contributed by atoms with van der Waals surface area (Å²) in [5, 5.41) is 11.8. The van der Waals surface area contributed by atoms with Crippen LogP contribution in [0.4, 0.5) is 0 Å². The zero-order chi connectivity index (χ0) is 36.7. The highest BCUT2D eigenvalue weighted by Crippen LogP contribution is 2.46. The van der Waals surface area contributed by atoms with Crippen molar-refractivity contribution in [1.29, 1.82) is 0 Å². The molecule has 0 saturated carbocycles. The third-order valence-electron chi connectivity index (χ3n) is 11.7. The van der Waals surface area contributed by atoms with E-state index in [-0.39, 0.29) is 0 Å². The molecule has 10 aromatic carbocycles. The number of furan rings is 2. The number of fused-ring (bicyclic) bond motifs is 10. The fourth-order valence-corrected chi connectivity index (χ4v) is 9.14. The lowest BCUT2D eigenvalue weighted by molar-refractivity contribution is 0.663. The molecule has 0 fully saturated rings. The molecule has 12 rings (SSSR count). The Morgan fingerprint density at radius 2 is 0.786 bits per heavy atom. The molecule has 260 valence electrons. The molecule has 0 bridgehead atoms. The lowest BCUT2D eigenvalue weighted by Gasteiger charge is -2.18. The minimum Gasteiger partial charge on any atom is -0.456 e. The van der Waals surface area contributed by atoms with Gasteiger partial charge >= 0.3 is 0 Å². The van der Waals surface area contributed by atoms with Crippen molar-refractivity contribution >= 4 is 76.2 Å². The molecule has 0 radical (unpaired) electrons. The molecule has 0 aliphatic heterocycles. The Kier molecular flexibility index (Phi) is 6.66. The first-order valence-electron chi connectivity index (χ1n) is 19.2. The van der Waals surface area contributed by atoms with Crippen molar-refractivity contribution in [2.75, 3.05) is 0 Å². The summed E-state index contributed by atoms with van der Waals surface area (Å²) in [7, 11) is 0. The quantitative estimate of drug-likeness (QED) is 0.170. The minimum atomic E-state index is 0.866. The summed E-state index contributed by atoms with van der Waals surface area (Å²) >= 11 is 0. The molecule has 0 amide bonds. The van der Waals surface area contributed by atoms with Crippen molar-refractivity contribution in [2.24, 2.45) is 0 Å². The van der Waals surface area contributed by atoms with E-state index in [9.17, 15) is 0 Å². The topological polar surface area (TPSA) is 26.3 Å². The van der Waals surface area contributed by atoms with Crippen LogP contribution in [0.2, 0.25) is 0 Å². The molecule has 0 aliphatic rings. The molecule has 0 unspecified atom stereocenters. The Morgan fingerprint density at radius 3 is 1.48 bits per heavy atom. The summed E-state index contributed by atoms with van der Waals surface area (Å²) < 4.78 is 12.9. The maximum atomic E-state index is 6.62. The highest BCUT2D eigenvalue weighted by molar-refractivity contribution is 6.27. The Hall–Kier alpha value is -7.42. The maximum absolute atomic E-state index is 6.62. The van der Waals surface area contributed by atoms with Crippen molar-refractivity contribution in [3.8, 4) is 44.5 Å². The molecule has 0 N–H and O–H groups in total. The van der Waals surface area contributed by atoms with Gasteiger partial charge in [0.2, 0.25) is 0 Å². The number of benzene rings is 10. The molecular weight excluding hydrogens is 681 g/mol. The van der Waals surface area contributed by atoms with Gasteiger partial charge < -0.3 is 8.83 Å². The second kappa shape index (κ2) is 12.0. The largest absolute Gasteiger partial charge is 0.456 e. The molecule has 2 aromatic heterocycles. The van der Waals surface area contributed by atoms with Crippen LogP contribution in [-0.2, 0) is 0 Å². The molecule has 56 heavy (non-hydrogen) atoms. The van der Waals surface area contributed by atoms with Crippen LogP contribution in [0.1, 0.15) is 0 Å². The number of rotatable bonds is 4. The van der Waals surface area contributed by atoms with Crippen molar-refractivity contribution < 1.29 is 8.83 Å². The molecule has 0 atom stereocenters. The van der Waals surface area contributed by atoms with E-state index in [0.29, 0.717) is 0 Å². The minimum absolute atomic E-state index is 0.866. The Balaban J connectivity index is 1.01. The zero-order valence-electron chi connectivity index (χ0n) is 30.3. The van der Waals surface area contributed by atoms with E-state index in [1.165, 1.54) is 71.3 Å². The van der Waals surface area contributed by atoms with E-state index in [0.717, 1.165) is 49.4 Å². The Morgan fingerprint density at radius 1 is 0.250 bits per heavy atom. The fraction of sp³-hybridized carbons (Fsp3) is 0. The lowest BCUT2D eigenvalue weighted by atomic mass is 9.85. The monoisotopic (exact) mass is 712 g/mol. The number of hydrogen-bond donors (Lipinski definition) is 0. The van der Waals surface area contributed by atoms with Crippen molar-refractivity contribution in [3.05, 3.63) is 194 Å². The van der Waals surface area contributed by atoms with E-state index in [1.54, 1.807) is 0 Å². The summed E-state index contributed by atoms with van der Waals surface area (Å²) in [6.45, 7) is 0. The summed E-state index contributed by atoms with van der Waals surface area (Å²) in [6.07, 6.45) is 0. The van der Waals surface area contributed by atoms with Crippen LogP contribution in [-0.4, -0.2) is 0 Å². The van der Waals surface area contributed by atoms with Gasteiger partial charge in [0, 0.05) is 21.5 Å². The van der Waals surface area contributed by atoms with Crippen LogP contribution in [0.25, 0.3) is 121 Å². The van der Waals surface area contributed by atoms with Crippen LogP contribution >= 0.6 is 0 Å². The van der Waals surface area contributed by atoms with Crippen LogP contribution in [0.3, 0.4) is 0 Å². The predicted molar refractivity (Wildman–Crippen MR) is 235 cm³/mol. The first-order valence-corrected chi connectivity index (χ1v) is 19.2. The van der Waals surface area contributed by atoms with Crippen LogP contribution in [0.15, 0.2) is 203 Å². The van der Waals surface area contributed by atoms with E-state index in [2.05, 4.69) is 170 Å². The second-order valence-corrected chi connectivity index (χ2v) is 14.7. The van der Waals surface area contributed by atoms with Gasteiger partial charge in [-0.3, -0.25) is 0 Å². The summed E-state index contributed by atoms with van der Waals surface area (Å²) in [6, 6.07) is 69.9. The first-order chi connectivity index (χ1) is 27.8. The second-order valence-electron chi connectivity index (χ2n) is 14.7. The van der Waals surface area contributed by atoms with Gasteiger partial charge in [-0.1, -0.05) is 158 Å². The lowest BCUT2D eigenvalue weighted by Crippen LogP contribution is -1.91. The molecule has 2 heterocycles. The molecular formula is C54H32O2. The fourth-order valence-electron chi connectivity index (χ4n) is 9.14. The molecule has 2 nitrogen and oxygen atoms in total. The van der Waals surface area contributed by atoms with Crippen molar-refractivity contribution in [1.82, 2.24) is 0 Å². The van der Waals surface area contributed by atoms with Gasteiger partial charge in [0.15, 0.2) is 0 Å². The summed E-state index contributed by atoms with van der Waals surface area (Å²) in [5.74, 6) is 0. The van der Waals surface area contributed by atoms with Crippen LogP contribution in [0.5, 0.6) is 0 Å². The van der Waals surface area contributed by atoms with Gasteiger partial charge in [-0.15, -0.1) is 0 Å². The molecule has 2 heteroatoms. The average Bonchev–Trinajstić information content (AvgIpc) is 3.83. The van der Waals surface area contributed by atoms with Gasteiger partial charge in [-0.25, -0.2) is 0 Å². The molecule has 0 aliphatic carbocycles. The number of para-hydroxylation sites is 1. The molecule has 0 spiro atoms. The summed E-state index contributed by atoms with van der Waals surface area (Å²) in [5.41, 5.74) is 13.2. The van der Waals surface area contributed by atoms with Crippen molar-refractivity contribution in [3.63, 3.8) is 0 Å². The van der Waals surface area contributed by atoms with Gasteiger partial charge in [-0.2, -0.15) is 0 Å². The Labute approximate surface area is 322 Å². The zero-order valence-corrected chi connectivity index (χ0v) is 30.3. The Bertz CT molecular complexity index is 3450. The van der Waals surface area contributed by atoms with Gasteiger partial charge in [0.1, 0.15) is 22.3 Å². The average molecular weight is 713 g/mol. The SMILES string of the molecule is c1ccc(-c2cccc3ccc(-c4ccc(-c5c6ccccc6c(-c6ccc7c(c6)oc6ccc8oc9ccccc9c8c67)c6ccccc56)cc4)cc23)cc1. The first kappa shape index (κ1) is 31.0. The third kappa shape index (κ3) is 4.63. The van der Waals surface area contributed by atoms with E-state index >= 15 is 0 Å². The highest BCUT2D eigenvalue weighted by atomic mass is 16.3. The van der Waals surface area contributed by atoms with Gasteiger partial charge in [0.05, 0.1) is 0 Å². The highest BCUT2D eigenvalue weighted by Gasteiger charge is 2.20. The van der Waals surface area contributed by atoms with Gasteiger partial charge in [-0.05, 0) is 113 Å². The van der Waals surface area contributed by atoms with Crippen molar-refractivity contribution in [2.45, 2.75) is 0 Å². The smallest absolute Gasteiger partial charge is 0.136 e. The predicted octanol–water partition coefficient (Wildman–Crippen LogP) is 15.6.